The zero-order chi connectivity index (χ0) is 22.1. The highest BCUT2D eigenvalue weighted by Crippen LogP contribution is 2.22. The molecule has 1 rings (SSSR count). The molecule has 1 unspecified atom stereocenters. The van der Waals surface area contributed by atoms with Crippen molar-refractivity contribution in [3.8, 4) is 0 Å². The maximum atomic E-state index is 12.6. The van der Waals surface area contributed by atoms with E-state index in [2.05, 4.69) is 35.3 Å². The highest BCUT2D eigenvalue weighted by atomic mass is 32.2. The molecule has 0 saturated carbocycles. The molecule has 1 aromatic rings. The van der Waals surface area contributed by atoms with Crippen molar-refractivity contribution in [2.24, 2.45) is 0 Å². The lowest BCUT2D eigenvalue weighted by Crippen LogP contribution is -2.17. The van der Waals surface area contributed by atoms with Crippen LogP contribution in [0.5, 0.6) is 0 Å². The normalized spacial score (nSPS) is 12.6. The average molecular weight is 470 g/mol. The van der Waals surface area contributed by atoms with E-state index in [0.717, 1.165) is 24.8 Å². The van der Waals surface area contributed by atoms with Crippen LogP contribution in [0.25, 0.3) is 4.85 Å². The molecular formula is C24H39NO2S3. The Hall–Kier alpha value is -0.640. The Morgan fingerprint density at radius 1 is 0.867 bits per heavy atom. The molecule has 1 atom stereocenters. The molecule has 3 nitrogen and oxygen atoms in total. The first kappa shape index (κ1) is 27.4. The summed E-state index contributed by atoms with van der Waals surface area (Å²) in [5.41, 5.74) is 1.02. The van der Waals surface area contributed by atoms with Crippen molar-refractivity contribution in [3.63, 3.8) is 0 Å². The molecule has 6 heteroatoms. The van der Waals surface area contributed by atoms with Crippen LogP contribution in [-0.2, 0) is 9.84 Å². The zero-order valence-electron chi connectivity index (χ0n) is 18.8. The maximum Gasteiger partial charge on any atom is 0.325 e. The fourth-order valence-corrected chi connectivity index (χ4v) is 6.89. The highest BCUT2D eigenvalue weighted by Gasteiger charge is 2.31. The molecule has 0 radical (unpaired) electrons. The van der Waals surface area contributed by atoms with Gasteiger partial charge in [-0.05, 0) is 49.8 Å². The molecule has 0 aromatic heterocycles. The number of hydrogen-bond acceptors (Lipinski definition) is 4. The molecule has 1 aromatic carbocycles. The van der Waals surface area contributed by atoms with E-state index in [0.29, 0.717) is 6.42 Å². The standard InChI is InChI=1S/C24H39NO2S3/c1-4-5-12-19-28-21-29-20-13-10-8-6-7-9-11-14-24(25-3)30(26,27)23-17-15-22(2)16-18-23/h15-18,24H,4-14,19-21H2,1-2H3. The summed E-state index contributed by atoms with van der Waals surface area (Å²) in [6, 6.07) is 6.82. The number of unbranched alkanes of at least 4 members (excludes halogenated alkanes) is 8. The van der Waals surface area contributed by atoms with E-state index in [1.54, 1.807) is 24.3 Å². The van der Waals surface area contributed by atoms with Crippen molar-refractivity contribution >= 4 is 33.4 Å². The first-order chi connectivity index (χ1) is 14.5. The summed E-state index contributed by atoms with van der Waals surface area (Å²) < 4.78 is 25.3. The second-order valence-electron chi connectivity index (χ2n) is 7.85. The molecular weight excluding hydrogens is 430 g/mol. The minimum Gasteiger partial charge on any atom is -0.296 e. The van der Waals surface area contributed by atoms with Gasteiger partial charge in [0.15, 0.2) is 0 Å². The average Bonchev–Trinajstić information content (AvgIpc) is 2.73. The number of hydrogen-bond donors (Lipinski definition) is 0. The number of rotatable bonds is 18. The van der Waals surface area contributed by atoms with Gasteiger partial charge in [0.1, 0.15) is 0 Å². The summed E-state index contributed by atoms with van der Waals surface area (Å²) in [5.74, 6) is 2.58. The first-order valence-electron chi connectivity index (χ1n) is 11.3. The van der Waals surface area contributed by atoms with Crippen LogP contribution in [0.1, 0.15) is 83.1 Å². The third-order valence-electron chi connectivity index (χ3n) is 5.15. The summed E-state index contributed by atoms with van der Waals surface area (Å²) in [7, 11) is -3.55. The van der Waals surface area contributed by atoms with E-state index >= 15 is 0 Å². The second-order valence-corrected chi connectivity index (χ2v) is 12.5. The quantitative estimate of drug-likeness (QED) is 0.125. The molecule has 0 amide bonds. The molecule has 0 bridgehead atoms. The van der Waals surface area contributed by atoms with Crippen LogP contribution in [0, 0.1) is 13.5 Å². The van der Waals surface area contributed by atoms with Gasteiger partial charge in [-0.25, -0.2) is 15.0 Å². The number of thioether (sulfide) groups is 2. The maximum absolute atomic E-state index is 12.6. The van der Waals surface area contributed by atoms with Crippen LogP contribution in [0.15, 0.2) is 29.2 Å². The van der Waals surface area contributed by atoms with E-state index < -0.39 is 15.2 Å². The van der Waals surface area contributed by atoms with Crippen molar-refractivity contribution in [2.75, 3.05) is 16.6 Å². The van der Waals surface area contributed by atoms with Crippen LogP contribution in [-0.4, -0.2) is 30.4 Å². The Labute approximate surface area is 193 Å². The van der Waals surface area contributed by atoms with Crippen LogP contribution in [0.3, 0.4) is 0 Å². The third kappa shape index (κ3) is 11.7. The van der Waals surface area contributed by atoms with E-state index in [9.17, 15) is 8.42 Å². The lowest BCUT2D eigenvalue weighted by molar-refractivity contribution is 0.558. The predicted octanol–water partition coefficient (Wildman–Crippen LogP) is 7.75. The molecule has 0 aliphatic heterocycles. The van der Waals surface area contributed by atoms with Crippen molar-refractivity contribution in [2.45, 2.75) is 94.7 Å². The summed E-state index contributed by atoms with van der Waals surface area (Å²) in [4.78, 5) is 3.69. The number of nitrogens with zero attached hydrogens (tertiary/aromatic N) is 1. The van der Waals surface area contributed by atoms with Crippen molar-refractivity contribution in [1.29, 1.82) is 0 Å². The fourth-order valence-electron chi connectivity index (χ4n) is 3.21. The van der Waals surface area contributed by atoms with Gasteiger partial charge in [0.2, 0.25) is 0 Å². The molecule has 0 N–H and O–H groups in total. The van der Waals surface area contributed by atoms with Gasteiger partial charge >= 0.3 is 5.37 Å². The largest absolute Gasteiger partial charge is 0.325 e. The Bertz CT molecular complexity index is 696. The molecule has 0 spiro atoms. The van der Waals surface area contributed by atoms with Crippen molar-refractivity contribution < 1.29 is 8.42 Å². The number of sulfone groups is 1. The van der Waals surface area contributed by atoms with Crippen molar-refractivity contribution in [3.05, 3.63) is 41.2 Å². The van der Waals surface area contributed by atoms with E-state index in [-0.39, 0.29) is 4.90 Å². The van der Waals surface area contributed by atoms with Crippen molar-refractivity contribution in [1.82, 2.24) is 0 Å². The lowest BCUT2D eigenvalue weighted by Gasteiger charge is -2.08. The third-order valence-corrected chi connectivity index (χ3v) is 9.63. The summed E-state index contributed by atoms with van der Waals surface area (Å²) >= 11 is 4.14. The van der Waals surface area contributed by atoms with Gasteiger partial charge in [-0.2, -0.15) is 23.5 Å². The Balaban J connectivity index is 2.05. The number of aryl methyl sites for hydroxylation is 1. The summed E-state index contributed by atoms with van der Waals surface area (Å²) in [5, 5.41) is 0.286. The second kappa shape index (κ2) is 17.0. The predicted molar refractivity (Wildman–Crippen MR) is 135 cm³/mol. The van der Waals surface area contributed by atoms with Gasteiger partial charge in [-0.3, -0.25) is 4.85 Å². The van der Waals surface area contributed by atoms with E-state index in [4.69, 9.17) is 6.57 Å². The zero-order valence-corrected chi connectivity index (χ0v) is 21.2. The molecule has 0 fully saturated rings. The molecule has 170 valence electrons. The molecule has 0 aliphatic rings. The molecule has 0 saturated heterocycles. The van der Waals surface area contributed by atoms with Crippen LogP contribution < -0.4 is 0 Å². The molecule has 0 heterocycles. The van der Waals surface area contributed by atoms with Crippen LogP contribution >= 0.6 is 23.5 Å². The monoisotopic (exact) mass is 469 g/mol. The van der Waals surface area contributed by atoms with Crippen LogP contribution in [0.2, 0.25) is 0 Å². The Morgan fingerprint density at radius 2 is 1.40 bits per heavy atom. The molecule has 0 aliphatic carbocycles. The minimum atomic E-state index is -3.55. The summed E-state index contributed by atoms with van der Waals surface area (Å²) in [6.07, 6.45) is 12.5. The van der Waals surface area contributed by atoms with Gasteiger partial charge in [0.25, 0.3) is 9.84 Å². The Kier molecular flexibility index (Phi) is 15.5. The van der Waals surface area contributed by atoms with E-state index in [1.165, 1.54) is 61.5 Å². The smallest absolute Gasteiger partial charge is 0.296 e. The molecule has 30 heavy (non-hydrogen) atoms. The SMILES string of the molecule is [C-]#[N+]C(CCCCCCCCCSCSCCCCC)S(=O)(=O)c1ccc(C)cc1. The lowest BCUT2D eigenvalue weighted by atomic mass is 10.1. The minimum absolute atomic E-state index is 0.270. The van der Waals surface area contributed by atoms with Gasteiger partial charge in [0, 0.05) is 11.5 Å². The fraction of sp³-hybridized carbons (Fsp3) is 0.708. The van der Waals surface area contributed by atoms with Gasteiger partial charge < -0.3 is 0 Å². The van der Waals surface area contributed by atoms with Crippen LogP contribution in [0.4, 0.5) is 0 Å². The summed E-state index contributed by atoms with van der Waals surface area (Å²) in [6.45, 7) is 11.5. The van der Waals surface area contributed by atoms with E-state index in [1.807, 2.05) is 6.92 Å². The Morgan fingerprint density at radius 3 is 1.97 bits per heavy atom. The topological polar surface area (TPSA) is 38.5 Å². The highest BCUT2D eigenvalue weighted by molar-refractivity contribution is 8.15. The first-order valence-corrected chi connectivity index (χ1v) is 15.2. The number of benzene rings is 1. The van der Waals surface area contributed by atoms with Gasteiger partial charge in [0.05, 0.1) is 4.90 Å². The van der Waals surface area contributed by atoms with Gasteiger partial charge in [-0.15, -0.1) is 0 Å². The van der Waals surface area contributed by atoms with Gasteiger partial charge in [-0.1, -0.05) is 69.6 Å².